The molecule has 3 rings (SSSR count). The molecular formula is C13H15F2N6O5P. The molecule has 0 radical (unpaired) electrons. The molecule has 0 unspecified atom stereocenters. The summed E-state index contributed by atoms with van der Waals surface area (Å²) in [6.07, 6.45) is 5.40. The van der Waals surface area contributed by atoms with Crippen LogP contribution in [0, 0.1) is 11.6 Å². The molecule has 1 aromatic carbocycles. The fourth-order valence-corrected chi connectivity index (χ4v) is 2.25. The van der Waals surface area contributed by atoms with Crippen LogP contribution in [0.25, 0.3) is 0 Å². The summed E-state index contributed by atoms with van der Waals surface area (Å²) in [5.41, 5.74) is -1.75. The van der Waals surface area contributed by atoms with E-state index in [4.69, 9.17) is 19.2 Å². The van der Waals surface area contributed by atoms with E-state index >= 15 is 0 Å². The van der Waals surface area contributed by atoms with Crippen LogP contribution in [-0.4, -0.2) is 49.3 Å². The lowest BCUT2D eigenvalue weighted by atomic mass is 9.93. The molecule has 0 spiro atoms. The molecule has 0 aliphatic carbocycles. The van der Waals surface area contributed by atoms with E-state index in [2.05, 4.69) is 20.2 Å². The molecule has 0 saturated carbocycles. The first-order valence-corrected chi connectivity index (χ1v) is 8.74. The van der Waals surface area contributed by atoms with Crippen molar-refractivity contribution in [1.82, 2.24) is 29.5 Å². The summed E-state index contributed by atoms with van der Waals surface area (Å²) in [6.45, 7) is -0.148. The van der Waals surface area contributed by atoms with Gasteiger partial charge < -0.3 is 19.8 Å². The van der Waals surface area contributed by atoms with Crippen molar-refractivity contribution in [2.45, 2.75) is 18.7 Å². The van der Waals surface area contributed by atoms with Gasteiger partial charge in [0.2, 0.25) is 0 Å². The zero-order valence-corrected chi connectivity index (χ0v) is 14.4. The fourth-order valence-electron chi connectivity index (χ4n) is 2.25. The van der Waals surface area contributed by atoms with Gasteiger partial charge in [0.25, 0.3) is 0 Å². The fraction of sp³-hybridized carbons (Fsp3) is 0.231. The number of hydrogen-bond acceptors (Lipinski definition) is 6. The topological polar surface area (TPSA) is 159 Å². The predicted octanol–water partition coefficient (Wildman–Crippen LogP) is -0.193. The number of aromatic nitrogens is 6. The number of nitrogens with zero attached hydrogens (tertiary/aromatic N) is 6. The van der Waals surface area contributed by atoms with Gasteiger partial charge in [0.15, 0.2) is 0 Å². The second-order valence-electron chi connectivity index (χ2n) is 5.36. The highest BCUT2D eigenvalue weighted by Gasteiger charge is 2.34. The molecule has 0 bridgehead atoms. The maximum atomic E-state index is 14.1. The van der Waals surface area contributed by atoms with E-state index in [-0.39, 0.29) is 18.7 Å². The minimum atomic E-state index is -4.64. The lowest BCUT2D eigenvalue weighted by Crippen LogP contribution is -2.37. The normalized spacial score (nSPS) is 11.8. The number of benzene rings is 1. The summed E-state index contributed by atoms with van der Waals surface area (Å²) in [6, 6.07) is 3.02. The Morgan fingerprint density at radius 3 is 1.85 bits per heavy atom. The van der Waals surface area contributed by atoms with Gasteiger partial charge in [0.1, 0.15) is 42.5 Å². The molecule has 2 aromatic heterocycles. The van der Waals surface area contributed by atoms with Gasteiger partial charge in [0.05, 0.1) is 13.1 Å². The van der Waals surface area contributed by atoms with Crippen molar-refractivity contribution >= 4 is 7.82 Å². The molecule has 3 aromatic rings. The second kappa shape index (κ2) is 8.41. The Morgan fingerprint density at radius 1 is 1.00 bits per heavy atom. The van der Waals surface area contributed by atoms with Crippen molar-refractivity contribution in [1.29, 1.82) is 0 Å². The number of rotatable bonds is 5. The Labute approximate surface area is 150 Å². The van der Waals surface area contributed by atoms with E-state index in [0.717, 1.165) is 12.1 Å². The van der Waals surface area contributed by atoms with Gasteiger partial charge in [-0.05, 0) is 6.07 Å². The highest BCUT2D eigenvalue weighted by atomic mass is 31.2. The van der Waals surface area contributed by atoms with Crippen LogP contribution in [0.2, 0.25) is 0 Å². The van der Waals surface area contributed by atoms with E-state index in [9.17, 15) is 13.9 Å². The van der Waals surface area contributed by atoms with Gasteiger partial charge in [-0.3, -0.25) is 0 Å². The molecular weight excluding hydrogens is 389 g/mol. The Balaban J connectivity index is 0.000000465. The Kier molecular flexibility index (Phi) is 6.46. The molecule has 0 amide bonds. The average Bonchev–Trinajstić information content (AvgIpc) is 3.19. The van der Waals surface area contributed by atoms with E-state index in [1.165, 1.54) is 40.7 Å². The van der Waals surface area contributed by atoms with Crippen LogP contribution in [0.1, 0.15) is 5.56 Å². The average molecular weight is 404 g/mol. The Morgan fingerprint density at radius 2 is 1.48 bits per heavy atom. The van der Waals surface area contributed by atoms with Gasteiger partial charge >= 0.3 is 7.82 Å². The van der Waals surface area contributed by atoms with Crippen molar-refractivity contribution in [3.05, 3.63) is 60.7 Å². The third-order valence-electron chi connectivity index (χ3n) is 3.21. The van der Waals surface area contributed by atoms with Gasteiger partial charge in [-0.15, -0.1) is 0 Å². The number of aliphatic hydroxyl groups is 1. The Hall–Kier alpha value is -2.57. The molecule has 0 fully saturated rings. The molecule has 4 N–H and O–H groups in total. The number of phosphoric acid groups is 1. The molecule has 0 aliphatic rings. The standard InChI is InChI=1S/C13H12F2N6O.H3O4P/c14-10-1-2-11(12(15)3-10)13(22,4-20-8-16-6-18-20)5-21-9-17-7-19-21;1-5(2,3)4/h1-3,6-9,22H,4-5H2;(H3,1,2,3,4). The van der Waals surface area contributed by atoms with Crippen molar-refractivity contribution in [2.24, 2.45) is 0 Å². The summed E-state index contributed by atoms with van der Waals surface area (Å²) in [4.78, 5) is 29.1. The maximum Gasteiger partial charge on any atom is 0.466 e. The van der Waals surface area contributed by atoms with Gasteiger partial charge in [-0.2, -0.15) is 10.2 Å². The first-order valence-electron chi connectivity index (χ1n) is 7.18. The van der Waals surface area contributed by atoms with Gasteiger partial charge in [-0.1, -0.05) is 6.07 Å². The highest BCUT2D eigenvalue weighted by Crippen LogP contribution is 2.28. The molecule has 146 valence electrons. The van der Waals surface area contributed by atoms with Crippen LogP contribution in [0.15, 0.2) is 43.5 Å². The number of halogens is 2. The zero-order valence-electron chi connectivity index (χ0n) is 13.5. The maximum absolute atomic E-state index is 14.1. The van der Waals surface area contributed by atoms with Crippen LogP contribution >= 0.6 is 7.82 Å². The SMILES string of the molecule is O=P(O)(O)O.OC(Cn1cncn1)(Cn1cncn1)c1ccc(F)cc1F. The third kappa shape index (κ3) is 6.58. The smallest absolute Gasteiger partial charge is 0.381 e. The van der Waals surface area contributed by atoms with Crippen LogP contribution in [0.4, 0.5) is 8.78 Å². The molecule has 0 atom stereocenters. The largest absolute Gasteiger partial charge is 0.466 e. The second-order valence-corrected chi connectivity index (χ2v) is 6.38. The first-order chi connectivity index (χ1) is 12.6. The molecule has 0 saturated heterocycles. The van der Waals surface area contributed by atoms with Crippen molar-refractivity contribution in [3.63, 3.8) is 0 Å². The molecule has 2 heterocycles. The quantitative estimate of drug-likeness (QED) is 0.423. The summed E-state index contributed by atoms with van der Waals surface area (Å²) in [7, 11) is -4.64. The van der Waals surface area contributed by atoms with E-state index in [0.29, 0.717) is 0 Å². The van der Waals surface area contributed by atoms with E-state index in [1.807, 2.05) is 0 Å². The third-order valence-corrected chi connectivity index (χ3v) is 3.21. The van der Waals surface area contributed by atoms with Crippen LogP contribution in [0.5, 0.6) is 0 Å². The molecule has 14 heteroatoms. The summed E-state index contributed by atoms with van der Waals surface area (Å²) >= 11 is 0. The summed E-state index contributed by atoms with van der Waals surface area (Å²) in [5, 5.41) is 18.8. The van der Waals surface area contributed by atoms with Crippen molar-refractivity contribution < 1.29 is 33.1 Å². The number of hydrogen-bond donors (Lipinski definition) is 4. The predicted molar refractivity (Wildman–Crippen MR) is 84.6 cm³/mol. The molecule has 11 nitrogen and oxygen atoms in total. The summed E-state index contributed by atoms with van der Waals surface area (Å²) in [5.74, 6) is -1.56. The first kappa shape index (κ1) is 20.7. The van der Waals surface area contributed by atoms with E-state index < -0.39 is 25.1 Å². The van der Waals surface area contributed by atoms with Gasteiger partial charge in [0, 0.05) is 11.6 Å². The lowest BCUT2D eigenvalue weighted by Gasteiger charge is -2.28. The van der Waals surface area contributed by atoms with Gasteiger partial charge in [-0.25, -0.2) is 32.7 Å². The Bertz CT molecular complexity index is 858. The minimum absolute atomic E-state index is 0.0556. The monoisotopic (exact) mass is 404 g/mol. The molecule has 27 heavy (non-hydrogen) atoms. The van der Waals surface area contributed by atoms with E-state index in [1.54, 1.807) is 0 Å². The van der Waals surface area contributed by atoms with Crippen LogP contribution in [0.3, 0.4) is 0 Å². The molecule has 0 aliphatic heterocycles. The lowest BCUT2D eigenvalue weighted by molar-refractivity contribution is -0.00856. The van der Waals surface area contributed by atoms with Crippen molar-refractivity contribution in [2.75, 3.05) is 0 Å². The van der Waals surface area contributed by atoms with Crippen molar-refractivity contribution in [3.8, 4) is 0 Å². The van der Waals surface area contributed by atoms with Crippen LogP contribution in [-0.2, 0) is 23.3 Å². The zero-order chi connectivity index (χ0) is 20.1. The highest BCUT2D eigenvalue weighted by molar-refractivity contribution is 7.45. The van der Waals surface area contributed by atoms with Crippen LogP contribution < -0.4 is 0 Å². The minimum Gasteiger partial charge on any atom is -0.381 e. The summed E-state index contributed by atoms with van der Waals surface area (Å²) < 4.78 is 38.8.